The highest BCUT2D eigenvalue weighted by Gasteiger charge is 2.20. The monoisotopic (exact) mass is 285 g/mol. The van der Waals surface area contributed by atoms with E-state index in [-0.39, 0.29) is 6.04 Å². The zero-order chi connectivity index (χ0) is 14.5. The lowest BCUT2D eigenvalue weighted by Crippen LogP contribution is -2.37. The number of fused-ring (bicyclic) bond motifs is 1. The van der Waals surface area contributed by atoms with Gasteiger partial charge >= 0.3 is 0 Å². The highest BCUT2D eigenvalue weighted by atomic mass is 16.5. The molecule has 3 rings (SSSR count). The van der Waals surface area contributed by atoms with Gasteiger partial charge in [-0.2, -0.15) is 5.10 Å². The maximum Gasteiger partial charge on any atom is 0.189 e. The fraction of sp³-hybridized carbons (Fsp3) is 0.333. The van der Waals surface area contributed by atoms with Gasteiger partial charge in [0.05, 0.1) is 18.8 Å². The average molecular weight is 285 g/mol. The molecule has 4 N–H and O–H groups in total. The van der Waals surface area contributed by atoms with Gasteiger partial charge in [-0.25, -0.2) is 0 Å². The Morgan fingerprint density at radius 1 is 1.48 bits per heavy atom. The van der Waals surface area contributed by atoms with Crippen molar-refractivity contribution in [3.8, 4) is 5.75 Å². The van der Waals surface area contributed by atoms with Crippen molar-refractivity contribution in [1.29, 1.82) is 0 Å². The Bertz CT molecular complexity index is 608. The van der Waals surface area contributed by atoms with E-state index in [0.29, 0.717) is 19.1 Å². The number of ether oxygens (including phenoxy) is 1. The van der Waals surface area contributed by atoms with E-state index in [1.807, 2.05) is 24.4 Å². The van der Waals surface area contributed by atoms with Gasteiger partial charge in [0, 0.05) is 24.7 Å². The van der Waals surface area contributed by atoms with Gasteiger partial charge in [-0.05, 0) is 18.1 Å². The quantitative estimate of drug-likeness (QED) is 0.585. The first-order valence-electron chi connectivity index (χ1n) is 7.09. The summed E-state index contributed by atoms with van der Waals surface area (Å²) >= 11 is 0. The number of guanidine groups is 1. The second-order valence-electron chi connectivity index (χ2n) is 5.00. The first-order chi connectivity index (χ1) is 10.3. The van der Waals surface area contributed by atoms with E-state index >= 15 is 0 Å². The Balaban J connectivity index is 1.59. The molecule has 0 bridgehead atoms. The van der Waals surface area contributed by atoms with Gasteiger partial charge in [0.2, 0.25) is 0 Å². The summed E-state index contributed by atoms with van der Waals surface area (Å²) in [7, 11) is 0. The molecule has 0 aliphatic carbocycles. The molecule has 1 atom stereocenters. The molecule has 1 aromatic heterocycles. The van der Waals surface area contributed by atoms with Crippen LogP contribution >= 0.6 is 0 Å². The van der Waals surface area contributed by atoms with Crippen LogP contribution in [0.15, 0.2) is 41.7 Å². The molecule has 0 saturated carbocycles. The van der Waals surface area contributed by atoms with E-state index in [2.05, 4.69) is 26.6 Å². The minimum atomic E-state index is 0.160. The molecule has 0 fully saturated rings. The lowest BCUT2D eigenvalue weighted by molar-refractivity contribution is 0.262. The Morgan fingerprint density at radius 3 is 3.24 bits per heavy atom. The minimum absolute atomic E-state index is 0.160. The summed E-state index contributed by atoms with van der Waals surface area (Å²) in [5.74, 6) is 1.40. The number of nitrogens with zero attached hydrogens (tertiary/aromatic N) is 2. The predicted molar refractivity (Wildman–Crippen MR) is 81.2 cm³/mol. The molecule has 0 spiro atoms. The minimum Gasteiger partial charge on any atom is -0.493 e. The topological polar surface area (TPSA) is 88.3 Å². The van der Waals surface area contributed by atoms with Crippen molar-refractivity contribution in [3.05, 3.63) is 47.8 Å². The Labute approximate surface area is 123 Å². The van der Waals surface area contributed by atoms with Crippen molar-refractivity contribution < 1.29 is 4.74 Å². The van der Waals surface area contributed by atoms with Crippen LogP contribution in [0.5, 0.6) is 5.75 Å². The molecule has 2 heterocycles. The van der Waals surface area contributed by atoms with Crippen molar-refractivity contribution in [2.45, 2.75) is 18.9 Å². The third-order valence-corrected chi connectivity index (χ3v) is 3.52. The van der Waals surface area contributed by atoms with Crippen molar-refractivity contribution in [3.63, 3.8) is 0 Å². The van der Waals surface area contributed by atoms with Crippen LogP contribution in [0.2, 0.25) is 0 Å². The molecule has 110 valence electrons. The molecule has 0 amide bonds. The number of aliphatic imine (C=N–C) groups is 1. The molecular formula is C15H19N5O. The van der Waals surface area contributed by atoms with Gasteiger partial charge in [0.1, 0.15) is 5.75 Å². The number of aromatic amines is 1. The lowest BCUT2D eigenvalue weighted by Gasteiger charge is -2.26. The van der Waals surface area contributed by atoms with Gasteiger partial charge in [-0.15, -0.1) is 0 Å². The fourth-order valence-electron chi connectivity index (χ4n) is 2.44. The first-order valence-corrected chi connectivity index (χ1v) is 7.09. The highest BCUT2D eigenvalue weighted by molar-refractivity contribution is 5.78. The third-order valence-electron chi connectivity index (χ3n) is 3.52. The summed E-state index contributed by atoms with van der Waals surface area (Å²) in [5.41, 5.74) is 8.24. The Morgan fingerprint density at radius 2 is 2.38 bits per heavy atom. The van der Waals surface area contributed by atoms with Gasteiger partial charge in [-0.3, -0.25) is 10.1 Å². The smallest absolute Gasteiger partial charge is 0.189 e. The number of H-pyrrole nitrogens is 1. The summed E-state index contributed by atoms with van der Waals surface area (Å²) in [6.45, 7) is 1.33. The summed E-state index contributed by atoms with van der Waals surface area (Å²) in [5, 5.41) is 9.97. The van der Waals surface area contributed by atoms with Crippen LogP contribution in [0.25, 0.3) is 0 Å². The van der Waals surface area contributed by atoms with Crippen molar-refractivity contribution >= 4 is 5.96 Å². The largest absolute Gasteiger partial charge is 0.493 e. The summed E-state index contributed by atoms with van der Waals surface area (Å²) in [6, 6.07) is 8.19. The van der Waals surface area contributed by atoms with E-state index in [1.54, 1.807) is 6.20 Å². The summed E-state index contributed by atoms with van der Waals surface area (Å²) in [6.07, 6.45) is 5.37. The SMILES string of the molecule is NC(=NCCc1cn[nH]c1)NC1CCOc2ccccc21. The molecule has 6 heteroatoms. The van der Waals surface area contributed by atoms with E-state index in [9.17, 15) is 0 Å². The Hall–Kier alpha value is -2.50. The van der Waals surface area contributed by atoms with E-state index in [0.717, 1.165) is 29.7 Å². The fourth-order valence-corrected chi connectivity index (χ4v) is 2.44. The van der Waals surface area contributed by atoms with Gasteiger partial charge in [0.15, 0.2) is 5.96 Å². The normalized spacial score (nSPS) is 17.9. The summed E-state index contributed by atoms with van der Waals surface area (Å²) in [4.78, 5) is 4.37. The highest BCUT2D eigenvalue weighted by Crippen LogP contribution is 2.31. The van der Waals surface area contributed by atoms with Gasteiger partial charge in [-0.1, -0.05) is 18.2 Å². The maximum absolute atomic E-state index is 5.98. The summed E-state index contributed by atoms with van der Waals surface area (Å²) < 4.78 is 5.63. The molecule has 2 aromatic rings. The van der Waals surface area contributed by atoms with Crippen LogP contribution in [0, 0.1) is 0 Å². The molecule has 1 aliphatic rings. The maximum atomic E-state index is 5.98. The molecule has 0 saturated heterocycles. The second-order valence-corrected chi connectivity index (χ2v) is 5.00. The second kappa shape index (κ2) is 6.30. The number of nitrogens with two attached hydrogens (primary N) is 1. The number of benzene rings is 1. The number of nitrogens with one attached hydrogen (secondary N) is 2. The van der Waals surface area contributed by atoms with Crippen LogP contribution in [-0.2, 0) is 6.42 Å². The molecular weight excluding hydrogens is 266 g/mol. The molecule has 1 unspecified atom stereocenters. The average Bonchev–Trinajstić information content (AvgIpc) is 3.01. The van der Waals surface area contributed by atoms with Crippen molar-refractivity contribution in [2.75, 3.05) is 13.2 Å². The predicted octanol–water partition coefficient (Wildman–Crippen LogP) is 1.38. The van der Waals surface area contributed by atoms with E-state index in [1.165, 1.54) is 0 Å². The van der Waals surface area contributed by atoms with Crippen LogP contribution in [0.1, 0.15) is 23.6 Å². The van der Waals surface area contributed by atoms with E-state index < -0.39 is 0 Å². The Kier molecular flexibility index (Phi) is 4.04. The van der Waals surface area contributed by atoms with Gasteiger partial charge in [0.25, 0.3) is 0 Å². The van der Waals surface area contributed by atoms with Crippen LogP contribution in [-0.4, -0.2) is 29.3 Å². The van der Waals surface area contributed by atoms with Crippen LogP contribution < -0.4 is 15.8 Å². The van der Waals surface area contributed by atoms with Crippen LogP contribution in [0.4, 0.5) is 0 Å². The van der Waals surface area contributed by atoms with Gasteiger partial charge < -0.3 is 15.8 Å². The molecule has 1 aromatic carbocycles. The number of hydrogen-bond donors (Lipinski definition) is 3. The number of para-hydroxylation sites is 1. The molecule has 0 radical (unpaired) electrons. The third kappa shape index (κ3) is 3.34. The van der Waals surface area contributed by atoms with E-state index in [4.69, 9.17) is 10.5 Å². The number of aromatic nitrogens is 2. The van der Waals surface area contributed by atoms with Crippen LogP contribution in [0.3, 0.4) is 0 Å². The standard InChI is InChI=1S/C15H19N5O/c16-15(17-7-5-11-9-18-19-10-11)20-13-6-8-21-14-4-2-1-3-12(13)14/h1-4,9-10,13H,5-8H2,(H,18,19)(H3,16,17,20). The zero-order valence-corrected chi connectivity index (χ0v) is 11.7. The zero-order valence-electron chi connectivity index (χ0n) is 11.7. The lowest BCUT2D eigenvalue weighted by atomic mass is 10.0. The molecule has 6 nitrogen and oxygen atoms in total. The molecule has 21 heavy (non-hydrogen) atoms. The van der Waals surface area contributed by atoms with Crippen molar-refractivity contribution in [1.82, 2.24) is 15.5 Å². The first kappa shape index (κ1) is 13.5. The van der Waals surface area contributed by atoms with Crippen molar-refractivity contribution in [2.24, 2.45) is 10.7 Å². The number of hydrogen-bond acceptors (Lipinski definition) is 3. The molecule has 1 aliphatic heterocycles. The number of rotatable bonds is 4.